The maximum Gasteiger partial charge on any atom is 0.395 e. The number of carbonyl (C=O) groups is 3. The highest BCUT2D eigenvalue weighted by atomic mass is 19.4. The second-order valence-electron chi connectivity index (χ2n) is 11.5. The molecule has 45 heteroatoms. The second-order valence-corrected chi connectivity index (χ2v) is 11.5. The zero-order chi connectivity index (χ0) is 54.1. The predicted molar refractivity (Wildman–Crippen MR) is 139 cm³/mol. The van der Waals surface area contributed by atoms with Crippen LogP contribution in [-0.2, 0) is 14.4 Å². The number of anilines is 1. The van der Waals surface area contributed by atoms with E-state index in [-0.39, 0.29) is 0 Å². The van der Waals surface area contributed by atoms with E-state index in [0.717, 1.165) is 0 Å². The molecule has 378 valence electrons. The van der Waals surface area contributed by atoms with Crippen molar-refractivity contribution in [2.24, 2.45) is 15.3 Å². The SMILES string of the molecule is [N-]=[N+]=NC(F)(F)C(F)(F)C(F)(F)C(=O)N(F)[C@@](F)(C(=O)N(c1c(F)c(F)c(F)c(F)c1F)[C@@](F)(C(=O)O)C(F)(F)C(F)(F)C(F)(F)C(F)(F)N=[N+]=[N-])C(F)(F)C(F)(F)C(F)(F)C(F)(F)N=[N+]=[N-]. The minimum atomic E-state index is -10.0. The normalized spacial score (nSPS) is 15.8. The van der Waals surface area contributed by atoms with Crippen LogP contribution in [0.15, 0.2) is 15.3 Å². The molecule has 67 heavy (non-hydrogen) atoms. The number of rotatable bonds is 19. The summed E-state index contributed by atoms with van der Waals surface area (Å²) < 4.78 is 440. The van der Waals surface area contributed by atoms with Crippen molar-refractivity contribution >= 4 is 23.5 Å². The van der Waals surface area contributed by atoms with E-state index in [9.17, 15) is 107 Å². The third-order valence-electron chi connectivity index (χ3n) is 7.65. The zero-order valence-electron chi connectivity index (χ0n) is 28.9. The molecule has 0 aliphatic rings. The van der Waals surface area contributed by atoms with E-state index in [0.29, 0.717) is 30.1 Å². The molecule has 1 rings (SSSR count). The molecule has 1 N–H and O–H groups in total. The largest absolute Gasteiger partial charge is 0.477 e. The summed E-state index contributed by atoms with van der Waals surface area (Å²) in [6.45, 7) is 0. The highest BCUT2D eigenvalue weighted by Crippen LogP contribution is 2.62. The highest BCUT2D eigenvalue weighted by molar-refractivity contribution is 6.08. The lowest BCUT2D eigenvalue weighted by molar-refractivity contribution is -0.402. The Morgan fingerprint density at radius 2 is 0.687 bits per heavy atom. The standard InChI is InChI=1S/C22HF30N11O4/c23-1-2(24)4(26)6(5(27)3(1)25)62(12(31,9(66)67)15(36,37)17(40,41)19(44,45)22(50,51)58-61-55)8(65)11(30,14(34,35)16(38,39)18(42,43)21(48,49)57-60-54)63(52)7(64)10(28,29)13(32,33)20(46,47)56-59-53/h(H,66,67)/t11-,12-/m0/s1. The summed E-state index contributed by atoms with van der Waals surface area (Å²) in [7, 11) is 0. The Kier molecular flexibility index (Phi) is 14.5. The van der Waals surface area contributed by atoms with Crippen molar-refractivity contribution in [2.45, 2.75) is 77.1 Å². The second kappa shape index (κ2) is 16.7. The Morgan fingerprint density at radius 1 is 0.418 bits per heavy atom. The van der Waals surface area contributed by atoms with E-state index in [1.54, 1.807) is 0 Å². The van der Waals surface area contributed by atoms with E-state index in [1.165, 1.54) is 0 Å². The summed E-state index contributed by atoms with van der Waals surface area (Å²) >= 11 is 0. The number of hydrogen-bond donors (Lipinski definition) is 1. The molecule has 0 aliphatic heterocycles. The summed E-state index contributed by atoms with van der Waals surface area (Å²) in [5.41, 5.74) is 18.2. The van der Waals surface area contributed by atoms with Gasteiger partial charge in [-0.25, -0.2) is 26.7 Å². The van der Waals surface area contributed by atoms with Gasteiger partial charge in [-0.15, -0.1) is 5.12 Å². The number of halogens is 30. The number of carboxylic acids is 1. The number of carbonyl (C=O) groups excluding carboxylic acids is 2. The topological polar surface area (TPSA) is 224 Å². The lowest BCUT2D eigenvalue weighted by Crippen LogP contribution is -2.81. The van der Waals surface area contributed by atoms with Crippen LogP contribution in [0.1, 0.15) is 0 Å². The Bertz CT molecular complexity index is 2320. The first kappa shape index (κ1) is 58.5. The van der Waals surface area contributed by atoms with Gasteiger partial charge < -0.3 is 5.11 Å². The minimum Gasteiger partial charge on any atom is -0.477 e. The number of carboxylic acid groups (broad SMARTS) is 1. The van der Waals surface area contributed by atoms with Crippen LogP contribution >= 0.6 is 0 Å². The molecule has 1 aromatic rings. The summed E-state index contributed by atoms with van der Waals surface area (Å²) in [5, 5.41) is 4.74. The predicted octanol–water partition coefficient (Wildman–Crippen LogP) is 10.6. The van der Waals surface area contributed by atoms with Crippen molar-refractivity contribution in [3.8, 4) is 0 Å². The van der Waals surface area contributed by atoms with Gasteiger partial charge in [0.2, 0.25) is 5.82 Å². The Morgan fingerprint density at radius 3 is 0.970 bits per heavy atom. The fraction of sp³-hybridized carbons (Fsp3) is 0.591. The molecular formula is C22HF30N11O4. The molecule has 0 aliphatic carbocycles. The average Bonchev–Trinajstić information content (AvgIpc) is 3.18. The van der Waals surface area contributed by atoms with E-state index in [2.05, 4.69) is 0 Å². The van der Waals surface area contributed by atoms with Gasteiger partial charge in [-0.1, -0.05) is 4.48 Å². The lowest BCUT2D eigenvalue weighted by atomic mass is 9.88. The molecule has 0 heterocycles. The third-order valence-corrected chi connectivity index (χ3v) is 7.65. The van der Waals surface area contributed by atoms with Gasteiger partial charge in [0.1, 0.15) is 5.69 Å². The van der Waals surface area contributed by atoms with Crippen LogP contribution in [0.2, 0.25) is 0 Å². The first-order valence-electron chi connectivity index (χ1n) is 14.2. The van der Waals surface area contributed by atoms with Gasteiger partial charge in [-0.2, -0.15) is 105 Å². The summed E-state index contributed by atoms with van der Waals surface area (Å²) in [4.78, 5) is 34.1. The molecule has 0 fully saturated rings. The summed E-state index contributed by atoms with van der Waals surface area (Å²) in [5.74, 6) is -135. The first-order valence-corrected chi connectivity index (χ1v) is 14.2. The fourth-order valence-electron chi connectivity index (χ4n) is 4.18. The van der Waals surface area contributed by atoms with Crippen molar-refractivity contribution < 1.29 is 151 Å². The fourth-order valence-corrected chi connectivity index (χ4v) is 4.18. The smallest absolute Gasteiger partial charge is 0.395 e. The van der Waals surface area contributed by atoms with Crippen LogP contribution < -0.4 is 4.90 Å². The van der Waals surface area contributed by atoms with Gasteiger partial charge in [-0.05, 0) is 31.9 Å². The monoisotopic (exact) mass is 1050 g/mol. The van der Waals surface area contributed by atoms with Crippen LogP contribution in [0, 0.1) is 29.1 Å². The van der Waals surface area contributed by atoms with Gasteiger partial charge >= 0.3 is 89.0 Å². The molecule has 1 aromatic carbocycles. The van der Waals surface area contributed by atoms with Gasteiger partial charge in [-0.3, -0.25) is 14.5 Å². The Hall–Kier alpha value is -6.54. The number of azide groups is 3. The molecule has 0 aromatic heterocycles. The van der Waals surface area contributed by atoms with Crippen LogP contribution in [0.25, 0.3) is 31.3 Å². The maximum absolute atomic E-state index is 16.6. The molecule has 0 unspecified atom stereocenters. The van der Waals surface area contributed by atoms with E-state index < -0.39 is 140 Å². The number of benzene rings is 1. The zero-order valence-corrected chi connectivity index (χ0v) is 28.9. The maximum atomic E-state index is 16.6. The molecule has 0 spiro atoms. The summed E-state index contributed by atoms with van der Waals surface area (Å²) in [6, 6.07) is -23.4. The quantitative estimate of drug-likeness (QED) is 0.0209. The van der Waals surface area contributed by atoms with Gasteiger partial charge in [0.05, 0.1) is 0 Å². The third kappa shape index (κ3) is 7.53. The number of hydrogen-bond acceptors (Lipinski definition) is 6. The van der Waals surface area contributed by atoms with E-state index >= 15 is 39.6 Å². The molecular weight excluding hydrogens is 1050 g/mol. The van der Waals surface area contributed by atoms with Crippen LogP contribution in [-0.4, -0.2) is 105 Å². The Labute approximate surface area is 338 Å². The van der Waals surface area contributed by atoms with Crippen molar-refractivity contribution in [1.82, 2.24) is 5.12 Å². The van der Waals surface area contributed by atoms with Gasteiger partial charge in [0.25, 0.3) is 5.91 Å². The molecule has 0 saturated carbocycles. The number of nitrogens with zero attached hydrogens (tertiary/aromatic N) is 11. The molecule has 2 atom stereocenters. The highest BCUT2D eigenvalue weighted by Gasteiger charge is 2.93. The van der Waals surface area contributed by atoms with Crippen molar-refractivity contribution in [1.29, 1.82) is 0 Å². The first-order chi connectivity index (χ1) is 29.4. The molecule has 0 saturated heterocycles. The Balaban J connectivity index is 5.31. The van der Waals surface area contributed by atoms with Crippen LogP contribution in [0.4, 0.5) is 137 Å². The number of alkyl halides is 24. The van der Waals surface area contributed by atoms with Crippen LogP contribution in [0.5, 0.6) is 0 Å². The van der Waals surface area contributed by atoms with Crippen molar-refractivity contribution in [3.63, 3.8) is 0 Å². The van der Waals surface area contributed by atoms with Gasteiger partial charge in [0.15, 0.2) is 23.3 Å². The molecule has 0 bridgehead atoms. The molecule has 0 radical (unpaired) electrons. The van der Waals surface area contributed by atoms with Crippen molar-refractivity contribution in [2.75, 3.05) is 4.90 Å². The molecule has 15 nitrogen and oxygen atoms in total. The van der Waals surface area contributed by atoms with E-state index in [4.69, 9.17) is 21.7 Å². The van der Waals surface area contributed by atoms with Gasteiger partial charge in [0, 0.05) is 14.7 Å². The number of amides is 2. The lowest BCUT2D eigenvalue weighted by Gasteiger charge is -2.47. The van der Waals surface area contributed by atoms with Crippen molar-refractivity contribution in [3.05, 3.63) is 60.4 Å². The average molecular weight is 1050 g/mol. The number of aliphatic carboxylic acids is 1. The molecule has 2 amide bonds. The van der Waals surface area contributed by atoms with E-state index in [1.807, 2.05) is 0 Å². The minimum absolute atomic E-state index is 0.291. The van der Waals surface area contributed by atoms with Crippen LogP contribution in [0.3, 0.4) is 0 Å². The summed E-state index contributed by atoms with van der Waals surface area (Å²) in [6.07, 6.45) is 0.